The molecule has 39 nitrogen and oxygen atoms in total. The SMILES string of the molecule is COc1ccc(C[C@H](NC(=O)[C@@H](NC(=O)[C@H](CCC(N)=O)NC(=O)[C@H](Cc2c[nH]c3ccccc23)NC(=O)[C@@H](NC(=O)[C@H](CC(N)=O)NC(=O)[C@@H](NC(C)=O)C(C)(C)S)[C@@H](C)O)C(C)(C)S)C(=O)N[C@@H](Cc2ccc3ccccc3c2)C(=O)NC2(C(=O)N[C@@H](CCCCNC(C)=O)C(=O)N[C@@H](CC(N)=O)C(=O)N[C@@H](CC(N)=O)C(N)=O)CCCCC2)cc1. The zero-order valence-corrected chi connectivity index (χ0v) is 71.5. The molecule has 12 atom stereocenters. The van der Waals surface area contributed by atoms with Crippen LogP contribution in [0.25, 0.3) is 21.7 Å². The molecule has 0 unspecified atom stereocenters. The van der Waals surface area contributed by atoms with Crippen LogP contribution in [-0.4, -0.2) is 218 Å². The van der Waals surface area contributed by atoms with E-state index < -0.39 is 220 Å². The van der Waals surface area contributed by atoms with E-state index in [9.17, 15) is 62.6 Å². The van der Waals surface area contributed by atoms with Crippen LogP contribution in [0.15, 0.2) is 97.2 Å². The Labute approximate surface area is 720 Å². The van der Waals surface area contributed by atoms with E-state index >= 15 is 28.8 Å². The molecular weight excluding hydrogens is 1640 g/mol. The van der Waals surface area contributed by atoms with Crippen LogP contribution in [0.5, 0.6) is 5.75 Å². The maximum absolute atomic E-state index is 15.6. The van der Waals surface area contributed by atoms with Gasteiger partial charge in [0.25, 0.3) is 0 Å². The molecule has 1 saturated carbocycles. The number of aromatic nitrogens is 1. The molecule has 0 spiro atoms. The van der Waals surface area contributed by atoms with E-state index in [1.54, 1.807) is 72.8 Å². The molecule has 0 bridgehead atoms. The minimum absolute atomic E-state index is 0.0311. The van der Waals surface area contributed by atoms with E-state index in [2.05, 4.69) is 86.7 Å². The molecule has 0 aliphatic heterocycles. The summed E-state index contributed by atoms with van der Waals surface area (Å²) in [6.07, 6.45) is -3.39. The van der Waals surface area contributed by atoms with Gasteiger partial charge in [-0.25, -0.2) is 0 Å². The summed E-state index contributed by atoms with van der Waals surface area (Å²) in [5.74, 6) is -17.8. The molecule has 18 amide bonds. The van der Waals surface area contributed by atoms with Gasteiger partial charge >= 0.3 is 0 Å². The van der Waals surface area contributed by atoms with Crippen LogP contribution in [-0.2, 0) is 106 Å². The molecule has 1 aromatic heterocycles. The van der Waals surface area contributed by atoms with E-state index in [1.165, 1.54) is 47.9 Å². The zero-order chi connectivity index (χ0) is 91.4. The van der Waals surface area contributed by atoms with Crippen molar-refractivity contribution >= 4 is 153 Å². The van der Waals surface area contributed by atoms with Gasteiger partial charge < -0.3 is 113 Å². The number of fused-ring (bicyclic) bond motifs is 2. The van der Waals surface area contributed by atoms with Gasteiger partial charge in [0.15, 0.2) is 0 Å². The monoisotopic (exact) mass is 1750 g/mol. The minimum Gasteiger partial charge on any atom is -0.497 e. The van der Waals surface area contributed by atoms with Gasteiger partial charge in [0.1, 0.15) is 77.7 Å². The van der Waals surface area contributed by atoms with Crippen molar-refractivity contribution in [2.24, 2.45) is 28.7 Å². The normalized spacial score (nSPS) is 15.4. The summed E-state index contributed by atoms with van der Waals surface area (Å²) < 4.78 is 2.55. The van der Waals surface area contributed by atoms with Crippen LogP contribution in [0, 0.1) is 0 Å². The Morgan fingerprint density at radius 3 is 1.50 bits per heavy atom. The Morgan fingerprint density at radius 1 is 0.472 bits per heavy atom. The third kappa shape index (κ3) is 31.2. The summed E-state index contributed by atoms with van der Waals surface area (Å²) in [5, 5.41) is 46.5. The second-order valence-electron chi connectivity index (χ2n) is 31.6. The molecular formula is C82H113N19O20S2. The molecule has 0 radical (unpaired) electrons. The van der Waals surface area contributed by atoms with E-state index in [-0.39, 0.29) is 63.8 Å². The van der Waals surface area contributed by atoms with E-state index in [4.69, 9.17) is 46.0 Å². The molecule has 668 valence electrons. The van der Waals surface area contributed by atoms with Gasteiger partial charge in [-0.15, -0.1) is 0 Å². The lowest BCUT2D eigenvalue weighted by atomic mass is 9.80. The molecule has 0 saturated heterocycles. The number of thiol groups is 2. The van der Waals surface area contributed by atoms with Crippen LogP contribution < -0.4 is 103 Å². The van der Waals surface area contributed by atoms with Crippen molar-refractivity contribution < 1.29 is 96.1 Å². The van der Waals surface area contributed by atoms with Gasteiger partial charge in [-0.1, -0.05) is 92.1 Å². The average molecular weight is 1750 g/mol. The summed E-state index contributed by atoms with van der Waals surface area (Å²) in [6.45, 7) is 9.49. The van der Waals surface area contributed by atoms with Gasteiger partial charge in [0.05, 0.1) is 32.5 Å². The summed E-state index contributed by atoms with van der Waals surface area (Å²) in [6, 6.07) is 6.86. The minimum atomic E-state index is -1.97. The summed E-state index contributed by atoms with van der Waals surface area (Å²) in [5.41, 5.74) is 27.4. The van der Waals surface area contributed by atoms with Crippen LogP contribution in [0.3, 0.4) is 0 Å². The van der Waals surface area contributed by atoms with Gasteiger partial charge in [-0.3, -0.25) is 86.3 Å². The number of benzene rings is 4. The lowest BCUT2D eigenvalue weighted by molar-refractivity contribution is -0.139. The van der Waals surface area contributed by atoms with Gasteiger partial charge in [0.2, 0.25) is 106 Å². The van der Waals surface area contributed by atoms with Crippen molar-refractivity contribution in [1.82, 2.24) is 74.1 Å². The number of methoxy groups -OCH3 is 1. The standard InChI is InChI=1S/C82H113N19O20S2/c1-42(102)65(99-74(115)60(40-64(86)108)97-77(118)66(80(4,5)122)90-44(3)104)76(117)95-58(37-49-41-89-52-21-13-12-20-51(49)52)72(113)91-54(29-30-61(83)105)70(111)100-67(81(6,7)123)78(119)96-56(35-45-24-27-50(121-8)28-25-45)71(112)93-57(36-46-23-26-47-18-10-11-19-48(47)34-46)75(116)101-82(31-15-9-16-32-82)79(120)98-53(22-14-17-33-88-43(2)103)69(110)94-59(39-63(85)107)73(114)92-55(68(87)109)38-62(84)106/h10-13,18-21,23-28,34,41-42,53-60,65-67,89,102,122-123H,9,14-17,22,29-33,35-40H2,1-8H3,(H2,83,105)(H2,84,106)(H2,85,107)(H2,86,108)(H2,87,109)(H,88,103)(H,90,104)(H,91,113)(H,92,114)(H,93,112)(H,94,110)(H,95,117)(H,96,119)(H,97,118)(H,98,120)(H,99,115)(H,100,111)(H,101,116)/t42-,53+,54+,55+,56+,57+,58+,59+,60+,65+,66-,67-/m1/s1. The lowest BCUT2D eigenvalue weighted by Crippen LogP contribution is -2.66. The quantitative estimate of drug-likeness (QED) is 0.0136. The molecule has 5 aromatic rings. The van der Waals surface area contributed by atoms with E-state index in [1.807, 2.05) is 18.2 Å². The highest BCUT2D eigenvalue weighted by Crippen LogP contribution is 2.31. The third-order valence-corrected chi connectivity index (χ3v) is 20.9. The first-order valence-electron chi connectivity index (χ1n) is 39.9. The summed E-state index contributed by atoms with van der Waals surface area (Å²) >= 11 is 9.16. The molecule has 4 aromatic carbocycles. The molecule has 1 heterocycles. The number of aliphatic hydroxyl groups excluding tert-OH is 1. The molecule has 6 rings (SSSR count). The molecule has 25 N–H and O–H groups in total. The van der Waals surface area contributed by atoms with E-state index in [0.29, 0.717) is 52.6 Å². The second kappa shape index (κ2) is 46.0. The fourth-order valence-corrected chi connectivity index (χ4v) is 14.2. The number of rotatable bonds is 48. The highest BCUT2D eigenvalue weighted by atomic mass is 32.1. The number of amides is 18. The highest BCUT2D eigenvalue weighted by molar-refractivity contribution is 7.82. The summed E-state index contributed by atoms with van der Waals surface area (Å²) in [4.78, 5) is 251. The Balaban J connectivity index is 1.36. The topological polar surface area (TPSA) is 639 Å². The Bertz CT molecular complexity index is 4700. The number of primary amides is 5. The molecule has 1 aliphatic rings. The smallest absolute Gasteiger partial charge is 0.246 e. The number of carbonyl (C=O) groups excluding carboxylic acids is 18. The fraction of sp³-hybridized carbons (Fsp3) is 0.488. The van der Waals surface area contributed by atoms with Crippen molar-refractivity contribution in [3.05, 3.63) is 114 Å². The Hall–Kier alpha value is -12.4. The average Bonchev–Trinajstić information content (AvgIpc) is 1.61. The number of ether oxygens (including phenoxy) is 1. The van der Waals surface area contributed by atoms with Gasteiger partial charge in [0, 0.05) is 72.7 Å². The lowest BCUT2D eigenvalue weighted by Gasteiger charge is -2.39. The number of nitrogens with two attached hydrogens (primary N) is 5. The predicted octanol–water partition coefficient (Wildman–Crippen LogP) is -2.99. The summed E-state index contributed by atoms with van der Waals surface area (Å²) in [7, 11) is 1.42. The zero-order valence-electron chi connectivity index (χ0n) is 69.7. The van der Waals surface area contributed by atoms with Crippen molar-refractivity contribution in [1.29, 1.82) is 0 Å². The number of nitrogens with one attached hydrogen (secondary N) is 14. The number of H-pyrrole nitrogens is 1. The van der Waals surface area contributed by atoms with Crippen molar-refractivity contribution in [3.63, 3.8) is 0 Å². The first-order chi connectivity index (χ1) is 57.8. The van der Waals surface area contributed by atoms with Crippen molar-refractivity contribution in [2.75, 3.05) is 13.7 Å². The van der Waals surface area contributed by atoms with Crippen LogP contribution in [0.4, 0.5) is 0 Å². The Morgan fingerprint density at radius 2 is 0.935 bits per heavy atom. The Kier molecular flexibility index (Phi) is 37.2. The number of unbranched alkanes of at least 4 members (excludes halogenated alkanes) is 1. The maximum Gasteiger partial charge on any atom is 0.246 e. The first kappa shape index (κ1) is 99.4. The maximum atomic E-state index is 15.6. The number of para-hydroxylation sites is 1. The number of aromatic amines is 1. The predicted molar refractivity (Wildman–Crippen MR) is 457 cm³/mol. The number of carbonyl (C=O) groups is 18. The van der Waals surface area contributed by atoms with Crippen LogP contribution in [0.2, 0.25) is 0 Å². The van der Waals surface area contributed by atoms with Crippen molar-refractivity contribution in [2.45, 2.75) is 239 Å². The van der Waals surface area contributed by atoms with Gasteiger partial charge in [-0.2, -0.15) is 25.3 Å². The highest BCUT2D eigenvalue weighted by Gasteiger charge is 2.46. The third-order valence-electron chi connectivity index (χ3n) is 20.4. The number of hydrogen-bond acceptors (Lipinski definition) is 22. The fourth-order valence-electron chi connectivity index (χ4n) is 13.8. The van der Waals surface area contributed by atoms with E-state index in [0.717, 1.165) is 24.6 Å². The van der Waals surface area contributed by atoms with Crippen molar-refractivity contribution in [3.8, 4) is 5.75 Å². The molecule has 1 fully saturated rings. The van der Waals surface area contributed by atoms with Crippen LogP contribution in [0.1, 0.15) is 149 Å². The second-order valence-corrected chi connectivity index (χ2v) is 33.9. The number of hydrogen-bond donors (Lipinski definition) is 22. The molecule has 1 aliphatic carbocycles. The number of aliphatic hydroxyl groups is 1. The largest absolute Gasteiger partial charge is 0.497 e. The van der Waals surface area contributed by atoms with Crippen LogP contribution >= 0.6 is 25.3 Å². The first-order valence-corrected chi connectivity index (χ1v) is 40.8. The molecule has 41 heteroatoms. The van der Waals surface area contributed by atoms with Gasteiger partial charge in [-0.05, 0) is 119 Å². The molecule has 123 heavy (non-hydrogen) atoms.